The number of rotatable bonds is 6. The molecule has 9 nitrogen and oxygen atoms in total. The molecule has 0 aliphatic carbocycles. The molecule has 3 aromatic heterocycles. The summed E-state index contributed by atoms with van der Waals surface area (Å²) in [7, 11) is 0. The smallest absolute Gasteiger partial charge is 0.242 e. The number of hydrogen-bond donors (Lipinski definition) is 2. The van der Waals surface area contributed by atoms with Crippen molar-refractivity contribution in [2.75, 3.05) is 0 Å². The molecule has 4 rings (SSSR count). The molecule has 0 aliphatic rings. The molecule has 0 aliphatic heterocycles. The molecule has 142 valence electrons. The van der Waals surface area contributed by atoms with Crippen LogP contribution in [0.2, 0.25) is 0 Å². The number of benzene rings is 1. The summed E-state index contributed by atoms with van der Waals surface area (Å²) in [6.07, 6.45) is 7.01. The quantitative estimate of drug-likeness (QED) is 0.524. The minimum atomic E-state index is -0.344. The molecule has 0 fully saturated rings. The van der Waals surface area contributed by atoms with Crippen molar-refractivity contribution in [3.05, 3.63) is 66.6 Å². The SMILES string of the molecule is C[C@H](N)c1nc(-c2ccccc2)nn1CC(=O)NCc1cn2ccncc2n1. The highest BCUT2D eigenvalue weighted by Crippen LogP contribution is 2.17. The number of amides is 1. The fourth-order valence-corrected chi connectivity index (χ4v) is 2.88. The minimum Gasteiger partial charge on any atom is -0.349 e. The van der Waals surface area contributed by atoms with Gasteiger partial charge in [-0.1, -0.05) is 30.3 Å². The number of fused-ring (bicyclic) bond motifs is 1. The van der Waals surface area contributed by atoms with Crippen LogP contribution in [0.5, 0.6) is 0 Å². The number of imidazole rings is 1. The van der Waals surface area contributed by atoms with Crippen molar-refractivity contribution in [2.24, 2.45) is 5.73 Å². The van der Waals surface area contributed by atoms with E-state index in [9.17, 15) is 4.79 Å². The fraction of sp³-hybridized carbons (Fsp3) is 0.211. The Kier molecular flexibility index (Phi) is 4.81. The third-order valence-corrected chi connectivity index (χ3v) is 4.21. The standard InChI is InChI=1S/C19H20N8O/c1-13(20)19-24-18(14-5-3-2-4-6-14)25-27(19)12-17(28)22-9-15-11-26-8-7-21-10-16(26)23-15/h2-8,10-11,13H,9,12,20H2,1H3,(H,22,28)/t13-/m0/s1. The van der Waals surface area contributed by atoms with E-state index in [1.165, 1.54) is 0 Å². The van der Waals surface area contributed by atoms with Crippen molar-refractivity contribution in [2.45, 2.75) is 26.1 Å². The van der Waals surface area contributed by atoms with Gasteiger partial charge in [-0.25, -0.2) is 14.6 Å². The molecule has 1 atom stereocenters. The largest absolute Gasteiger partial charge is 0.349 e. The van der Waals surface area contributed by atoms with Crippen LogP contribution in [-0.4, -0.2) is 35.0 Å². The molecule has 3 heterocycles. The van der Waals surface area contributed by atoms with Gasteiger partial charge in [0, 0.05) is 24.2 Å². The van der Waals surface area contributed by atoms with Gasteiger partial charge in [0.2, 0.25) is 5.91 Å². The van der Waals surface area contributed by atoms with E-state index in [1.54, 1.807) is 17.1 Å². The van der Waals surface area contributed by atoms with E-state index in [0.29, 0.717) is 18.2 Å². The van der Waals surface area contributed by atoms with E-state index in [2.05, 4.69) is 25.4 Å². The number of nitrogens with zero attached hydrogens (tertiary/aromatic N) is 6. The number of hydrogen-bond acceptors (Lipinski definition) is 6. The van der Waals surface area contributed by atoms with Crippen molar-refractivity contribution in [3.8, 4) is 11.4 Å². The van der Waals surface area contributed by atoms with Crippen molar-refractivity contribution >= 4 is 11.6 Å². The predicted octanol–water partition coefficient (Wildman–Crippen LogP) is 1.32. The van der Waals surface area contributed by atoms with E-state index in [0.717, 1.165) is 16.9 Å². The van der Waals surface area contributed by atoms with Crippen LogP contribution in [0.1, 0.15) is 24.5 Å². The molecule has 1 amide bonds. The number of nitrogens with one attached hydrogen (secondary N) is 1. The van der Waals surface area contributed by atoms with Crippen LogP contribution in [-0.2, 0) is 17.9 Å². The highest BCUT2D eigenvalue weighted by molar-refractivity contribution is 5.75. The molecule has 0 saturated heterocycles. The van der Waals surface area contributed by atoms with Crippen LogP contribution in [0.25, 0.3) is 17.0 Å². The Labute approximate surface area is 161 Å². The molecule has 28 heavy (non-hydrogen) atoms. The van der Waals surface area contributed by atoms with Crippen molar-refractivity contribution in [3.63, 3.8) is 0 Å². The number of aromatic nitrogens is 6. The lowest BCUT2D eigenvalue weighted by Crippen LogP contribution is -2.29. The Morgan fingerprint density at radius 2 is 2.07 bits per heavy atom. The van der Waals surface area contributed by atoms with Gasteiger partial charge in [0.15, 0.2) is 11.5 Å². The zero-order valence-corrected chi connectivity index (χ0v) is 15.4. The molecule has 0 saturated carbocycles. The zero-order valence-electron chi connectivity index (χ0n) is 15.4. The molecule has 0 unspecified atom stereocenters. The molecule has 9 heteroatoms. The summed E-state index contributed by atoms with van der Waals surface area (Å²) in [6.45, 7) is 2.16. The van der Waals surface area contributed by atoms with Crippen molar-refractivity contribution in [1.82, 2.24) is 34.4 Å². The zero-order chi connectivity index (χ0) is 19.5. The van der Waals surface area contributed by atoms with E-state index in [4.69, 9.17) is 5.73 Å². The summed E-state index contributed by atoms with van der Waals surface area (Å²) in [4.78, 5) is 25.4. The van der Waals surface area contributed by atoms with Gasteiger partial charge < -0.3 is 15.5 Å². The lowest BCUT2D eigenvalue weighted by atomic mass is 10.2. The van der Waals surface area contributed by atoms with Crippen molar-refractivity contribution < 1.29 is 4.79 Å². The number of carbonyl (C=O) groups is 1. The Morgan fingerprint density at radius 1 is 1.25 bits per heavy atom. The van der Waals surface area contributed by atoms with Gasteiger partial charge in [0.25, 0.3) is 0 Å². The third-order valence-electron chi connectivity index (χ3n) is 4.21. The summed E-state index contributed by atoms with van der Waals surface area (Å²) in [6, 6.07) is 9.25. The maximum Gasteiger partial charge on any atom is 0.242 e. The molecule has 1 aromatic carbocycles. The lowest BCUT2D eigenvalue weighted by Gasteiger charge is -2.08. The fourth-order valence-electron chi connectivity index (χ4n) is 2.88. The maximum atomic E-state index is 12.4. The molecule has 3 N–H and O–H groups in total. The van der Waals surface area contributed by atoms with Crippen LogP contribution in [0, 0.1) is 0 Å². The first-order valence-electron chi connectivity index (χ1n) is 8.90. The van der Waals surface area contributed by atoms with Crippen LogP contribution in [0.15, 0.2) is 55.1 Å². The monoisotopic (exact) mass is 376 g/mol. The van der Waals surface area contributed by atoms with Crippen LogP contribution < -0.4 is 11.1 Å². The number of carbonyl (C=O) groups excluding carboxylic acids is 1. The molecular weight excluding hydrogens is 356 g/mol. The average Bonchev–Trinajstić information content (AvgIpc) is 3.31. The first kappa shape index (κ1) is 17.8. The number of nitrogens with two attached hydrogens (primary N) is 1. The summed E-state index contributed by atoms with van der Waals surface area (Å²) >= 11 is 0. The molecule has 4 aromatic rings. The van der Waals surface area contributed by atoms with Crippen LogP contribution in [0.3, 0.4) is 0 Å². The van der Waals surface area contributed by atoms with E-state index >= 15 is 0 Å². The Hall–Kier alpha value is -3.59. The Morgan fingerprint density at radius 3 is 2.82 bits per heavy atom. The van der Waals surface area contributed by atoms with Crippen LogP contribution in [0.4, 0.5) is 0 Å². The van der Waals surface area contributed by atoms with Gasteiger partial charge >= 0.3 is 0 Å². The second-order valence-corrected chi connectivity index (χ2v) is 6.46. The van der Waals surface area contributed by atoms with Gasteiger partial charge in [-0.05, 0) is 6.92 Å². The van der Waals surface area contributed by atoms with E-state index in [-0.39, 0.29) is 18.5 Å². The van der Waals surface area contributed by atoms with Gasteiger partial charge in [0.05, 0.1) is 24.5 Å². The molecular formula is C19H20N8O. The van der Waals surface area contributed by atoms with E-state index in [1.807, 2.05) is 54.0 Å². The average molecular weight is 376 g/mol. The topological polar surface area (TPSA) is 116 Å². The lowest BCUT2D eigenvalue weighted by molar-refractivity contribution is -0.122. The Balaban J connectivity index is 1.46. The van der Waals surface area contributed by atoms with Gasteiger partial charge in [-0.3, -0.25) is 9.78 Å². The highest BCUT2D eigenvalue weighted by Gasteiger charge is 2.17. The van der Waals surface area contributed by atoms with Gasteiger partial charge in [-0.2, -0.15) is 5.10 Å². The maximum absolute atomic E-state index is 12.4. The van der Waals surface area contributed by atoms with E-state index < -0.39 is 0 Å². The second-order valence-electron chi connectivity index (χ2n) is 6.46. The van der Waals surface area contributed by atoms with Crippen LogP contribution >= 0.6 is 0 Å². The minimum absolute atomic E-state index is 0.0334. The van der Waals surface area contributed by atoms with Crippen molar-refractivity contribution in [1.29, 1.82) is 0 Å². The summed E-state index contributed by atoms with van der Waals surface area (Å²) in [5, 5.41) is 7.33. The predicted molar refractivity (Wildman–Crippen MR) is 103 cm³/mol. The van der Waals surface area contributed by atoms with Gasteiger partial charge in [-0.15, -0.1) is 0 Å². The normalized spacial score (nSPS) is 12.2. The molecule has 0 bridgehead atoms. The summed E-state index contributed by atoms with van der Waals surface area (Å²) < 4.78 is 3.40. The summed E-state index contributed by atoms with van der Waals surface area (Å²) in [5.41, 5.74) is 8.37. The second kappa shape index (κ2) is 7.57. The summed E-state index contributed by atoms with van der Waals surface area (Å²) in [5.74, 6) is 0.919. The molecule has 0 spiro atoms. The highest BCUT2D eigenvalue weighted by atomic mass is 16.2. The first-order valence-corrected chi connectivity index (χ1v) is 8.90. The third kappa shape index (κ3) is 3.74. The molecule has 0 radical (unpaired) electrons. The Bertz CT molecular complexity index is 1070. The van der Waals surface area contributed by atoms with Gasteiger partial charge in [0.1, 0.15) is 12.4 Å². The first-order chi connectivity index (χ1) is 13.6.